The van der Waals surface area contributed by atoms with E-state index in [1.807, 2.05) is 109 Å². The Kier molecular flexibility index (Phi) is 14.0. The van der Waals surface area contributed by atoms with Gasteiger partial charge < -0.3 is 49.8 Å². The molecule has 0 saturated heterocycles. The SMILES string of the molecule is COc1ccc2c(n1)[n-]c1ccccc12.COc1ccc2c(n1)[n-]c1ccccc12.[Pt+2].[Pt+2].c1ccc(-c2ccn[n-]2)nc1.c1ccc(-c2ccn[n-]2)nc1. The molecule has 272 valence electrons. The van der Waals surface area contributed by atoms with E-state index < -0.39 is 0 Å². The van der Waals surface area contributed by atoms with Crippen molar-refractivity contribution < 1.29 is 51.6 Å². The fourth-order valence-corrected chi connectivity index (χ4v) is 5.27. The van der Waals surface area contributed by atoms with E-state index >= 15 is 0 Å². The van der Waals surface area contributed by atoms with Gasteiger partial charge in [0.1, 0.15) is 11.8 Å². The van der Waals surface area contributed by atoms with Gasteiger partial charge in [0.25, 0.3) is 0 Å². The Morgan fingerprint density at radius 3 is 1.22 bits per heavy atom. The third-order valence-electron chi connectivity index (χ3n) is 7.74. The molecule has 0 saturated carbocycles. The van der Waals surface area contributed by atoms with Crippen LogP contribution >= 0.6 is 0 Å². The van der Waals surface area contributed by atoms with Crippen LogP contribution in [0, 0.1) is 0 Å². The van der Waals surface area contributed by atoms with Crippen molar-refractivity contribution in [1.82, 2.24) is 50.3 Å². The van der Waals surface area contributed by atoms with Crippen LogP contribution in [0.3, 0.4) is 0 Å². The fourth-order valence-electron chi connectivity index (χ4n) is 5.27. The predicted molar refractivity (Wildman–Crippen MR) is 200 cm³/mol. The van der Waals surface area contributed by atoms with Gasteiger partial charge in [0.2, 0.25) is 0 Å². The number of para-hydroxylation sites is 2. The second-order valence-electron chi connectivity index (χ2n) is 11.0. The number of rotatable bonds is 4. The maximum absolute atomic E-state index is 5.07. The largest absolute Gasteiger partial charge is 2.00 e. The molecule has 0 radical (unpaired) electrons. The quantitative estimate of drug-likeness (QED) is 0.180. The van der Waals surface area contributed by atoms with Gasteiger partial charge in [0, 0.05) is 36.2 Å². The minimum atomic E-state index is 0. The molecule has 0 spiro atoms. The first-order valence-corrected chi connectivity index (χ1v) is 16.1. The molecule has 0 aliphatic heterocycles. The molecular weight excluding hydrogens is 1040 g/mol. The van der Waals surface area contributed by atoms with Crippen LogP contribution in [-0.4, -0.2) is 44.4 Å². The van der Waals surface area contributed by atoms with Crippen LogP contribution in [0.5, 0.6) is 11.8 Å². The van der Waals surface area contributed by atoms with Crippen molar-refractivity contribution in [2.75, 3.05) is 14.2 Å². The number of methoxy groups -OCH3 is 2. The molecule has 0 aliphatic rings. The summed E-state index contributed by atoms with van der Waals surface area (Å²) >= 11 is 0. The molecule has 12 nitrogen and oxygen atoms in total. The van der Waals surface area contributed by atoms with Crippen LogP contribution in [0.2, 0.25) is 0 Å². The topological polar surface area (TPSA) is 152 Å². The van der Waals surface area contributed by atoms with Crippen LogP contribution in [0.4, 0.5) is 0 Å². The summed E-state index contributed by atoms with van der Waals surface area (Å²) in [6.45, 7) is 0. The predicted octanol–water partition coefficient (Wildman–Crippen LogP) is 6.90. The molecule has 10 rings (SSSR count). The van der Waals surface area contributed by atoms with Gasteiger partial charge in [-0.05, 0) is 80.3 Å². The van der Waals surface area contributed by atoms with E-state index in [0.717, 1.165) is 66.6 Å². The molecule has 0 unspecified atom stereocenters. The van der Waals surface area contributed by atoms with Crippen molar-refractivity contribution in [2.45, 2.75) is 0 Å². The smallest absolute Gasteiger partial charge is 0.574 e. The van der Waals surface area contributed by atoms with E-state index in [-0.39, 0.29) is 42.1 Å². The summed E-state index contributed by atoms with van der Waals surface area (Å²) in [5.41, 5.74) is 6.83. The minimum Gasteiger partial charge on any atom is -0.574 e. The molecule has 8 aromatic heterocycles. The molecule has 0 N–H and O–H groups in total. The molecule has 0 bridgehead atoms. The van der Waals surface area contributed by atoms with E-state index in [9.17, 15) is 0 Å². The summed E-state index contributed by atoms with van der Waals surface area (Å²) in [6, 6.07) is 38.9. The molecule has 8 heterocycles. The first kappa shape index (κ1) is 39.2. The Morgan fingerprint density at radius 1 is 0.426 bits per heavy atom. The van der Waals surface area contributed by atoms with Crippen molar-refractivity contribution in [3.05, 3.63) is 146 Å². The van der Waals surface area contributed by atoms with E-state index in [2.05, 4.69) is 62.4 Å². The molecule has 0 atom stereocenters. The van der Waals surface area contributed by atoms with Gasteiger partial charge in [-0.3, -0.25) is 9.97 Å². The number of pyridine rings is 4. The average molecular weight is 1070 g/mol. The van der Waals surface area contributed by atoms with Crippen molar-refractivity contribution in [2.24, 2.45) is 0 Å². The summed E-state index contributed by atoms with van der Waals surface area (Å²) in [7, 11) is 3.22. The Bertz CT molecular complexity index is 2430. The van der Waals surface area contributed by atoms with Gasteiger partial charge in [0.05, 0.1) is 14.2 Å². The van der Waals surface area contributed by atoms with Crippen LogP contribution in [-0.2, 0) is 42.1 Å². The third kappa shape index (κ3) is 9.33. The molecule has 2 aromatic carbocycles. The molecule has 0 fully saturated rings. The zero-order valence-corrected chi connectivity index (χ0v) is 33.3. The van der Waals surface area contributed by atoms with E-state index in [1.54, 1.807) is 39.0 Å². The number of ether oxygens (including phenoxy) is 2. The molecule has 14 heteroatoms. The maximum atomic E-state index is 5.07. The van der Waals surface area contributed by atoms with E-state index in [1.165, 1.54) is 0 Å². The second-order valence-corrected chi connectivity index (χ2v) is 11.0. The van der Waals surface area contributed by atoms with Crippen molar-refractivity contribution >= 4 is 43.9 Å². The normalized spacial score (nSPS) is 10.1. The molecule has 0 aliphatic carbocycles. The van der Waals surface area contributed by atoms with Gasteiger partial charge in [0.15, 0.2) is 0 Å². The van der Waals surface area contributed by atoms with Gasteiger partial charge in [-0.25, -0.2) is 0 Å². The summed E-state index contributed by atoms with van der Waals surface area (Å²) in [5.74, 6) is 1.20. The third-order valence-corrected chi connectivity index (χ3v) is 7.74. The first-order valence-electron chi connectivity index (χ1n) is 16.1. The van der Waals surface area contributed by atoms with Gasteiger partial charge in [-0.1, -0.05) is 96.3 Å². The number of nitrogens with zero attached hydrogens (tertiary/aromatic N) is 10. The van der Waals surface area contributed by atoms with Crippen LogP contribution in [0.15, 0.2) is 146 Å². The number of hydrogen-bond acceptors (Lipinski definition) is 8. The summed E-state index contributed by atoms with van der Waals surface area (Å²) in [6.07, 6.45) is 6.79. The molecule has 10 aromatic rings. The molecule has 54 heavy (non-hydrogen) atoms. The minimum absolute atomic E-state index is 0. The fraction of sp³-hybridized carbons (Fsp3) is 0.0500. The Hall–Kier alpha value is -5.96. The number of benzene rings is 2. The molecular formula is C40H30N10O2Pt2. The summed E-state index contributed by atoms with van der Waals surface area (Å²) < 4.78 is 10.1. The summed E-state index contributed by atoms with van der Waals surface area (Å²) in [4.78, 5) is 25.7. The number of fused-ring (bicyclic) bond motifs is 6. The Morgan fingerprint density at radius 2 is 0.852 bits per heavy atom. The average Bonchev–Trinajstić information content (AvgIpc) is 4.05. The standard InChI is InChI=1S/2C12H9N2O.2C8H6N3.2Pt/c2*1-15-11-7-6-9-8-4-2-3-5-10(8)13-12(9)14-11;2*1-2-5-9-7(3-1)8-4-6-10-11-8;;/h2*2-7H,1H3;2*1-6H;;/q4*-1;2*+2. The number of hydrogen-bond donors (Lipinski definition) is 0. The van der Waals surface area contributed by atoms with Crippen LogP contribution in [0.25, 0.3) is 66.6 Å². The van der Waals surface area contributed by atoms with Crippen LogP contribution in [0.1, 0.15) is 0 Å². The summed E-state index contributed by atoms with van der Waals surface area (Å²) in [5, 5.41) is 19.6. The van der Waals surface area contributed by atoms with Gasteiger partial charge >= 0.3 is 42.1 Å². The van der Waals surface area contributed by atoms with Gasteiger partial charge in [-0.15, -0.1) is 0 Å². The zero-order valence-electron chi connectivity index (χ0n) is 28.8. The van der Waals surface area contributed by atoms with Crippen molar-refractivity contribution in [1.29, 1.82) is 0 Å². The Balaban J connectivity index is 0.000000138. The van der Waals surface area contributed by atoms with E-state index in [4.69, 9.17) is 9.47 Å². The Labute approximate surface area is 338 Å². The molecule has 0 amide bonds. The monoisotopic (exact) mass is 1070 g/mol. The van der Waals surface area contributed by atoms with Gasteiger partial charge in [-0.2, -0.15) is 0 Å². The maximum Gasteiger partial charge on any atom is 2.00 e. The van der Waals surface area contributed by atoms with E-state index in [0.29, 0.717) is 11.8 Å². The number of aromatic nitrogens is 10. The zero-order chi connectivity index (χ0) is 35.5. The van der Waals surface area contributed by atoms with Crippen molar-refractivity contribution in [3.8, 4) is 34.5 Å². The second kappa shape index (κ2) is 19.2. The van der Waals surface area contributed by atoms with Crippen molar-refractivity contribution in [3.63, 3.8) is 0 Å². The first-order chi connectivity index (χ1) is 25.7. The van der Waals surface area contributed by atoms with Crippen LogP contribution < -0.4 is 29.6 Å².